The molecule has 0 bridgehead atoms. The quantitative estimate of drug-likeness (QED) is 0.693. The molecule has 1 aromatic heterocycles. The van der Waals surface area contributed by atoms with Crippen LogP contribution >= 0.6 is 0 Å². The molecule has 2 aromatic rings. The van der Waals surface area contributed by atoms with E-state index in [1.807, 2.05) is 0 Å². The summed E-state index contributed by atoms with van der Waals surface area (Å²) >= 11 is 0. The van der Waals surface area contributed by atoms with Gasteiger partial charge in [-0.25, -0.2) is 4.39 Å². The summed E-state index contributed by atoms with van der Waals surface area (Å²) in [6.45, 7) is 3.02. The summed E-state index contributed by atoms with van der Waals surface area (Å²) in [7, 11) is 0. The third kappa shape index (κ3) is 4.04. The number of amides is 1. The normalized spacial score (nSPS) is 21.8. The van der Waals surface area contributed by atoms with Crippen LogP contribution in [-0.2, 0) is 20.7 Å². The maximum Gasteiger partial charge on any atom is 0.314 e. The molecule has 154 valence electrons. The van der Waals surface area contributed by atoms with Crippen LogP contribution in [0.1, 0.15) is 38.4 Å². The van der Waals surface area contributed by atoms with E-state index in [1.54, 1.807) is 36.1 Å². The van der Waals surface area contributed by atoms with Crippen LogP contribution in [0.2, 0.25) is 0 Å². The fraction of sp³-hybridized carbons (Fsp3) is 0.500. The lowest BCUT2D eigenvalue weighted by atomic mass is 9.76. The van der Waals surface area contributed by atoms with Crippen LogP contribution in [-0.4, -0.2) is 41.6 Å². The first-order chi connectivity index (χ1) is 14.0. The van der Waals surface area contributed by atoms with Gasteiger partial charge in [-0.1, -0.05) is 17.3 Å². The highest BCUT2D eigenvalue weighted by atomic mass is 19.1. The molecule has 7 heteroatoms. The molecule has 29 heavy (non-hydrogen) atoms. The Bertz CT molecular complexity index is 908. The number of carbonyl (C=O) groups is 2. The van der Waals surface area contributed by atoms with Gasteiger partial charge in [0.2, 0.25) is 5.91 Å². The highest BCUT2D eigenvalue weighted by Gasteiger charge is 2.47. The number of likely N-dealkylation sites (tertiary alicyclic amines) is 1. The van der Waals surface area contributed by atoms with Crippen molar-refractivity contribution in [3.8, 4) is 11.3 Å². The van der Waals surface area contributed by atoms with E-state index in [4.69, 9.17) is 9.26 Å². The highest BCUT2D eigenvalue weighted by Crippen LogP contribution is 2.39. The number of rotatable bonds is 6. The van der Waals surface area contributed by atoms with Crippen LogP contribution in [0.15, 0.2) is 34.9 Å². The summed E-state index contributed by atoms with van der Waals surface area (Å²) in [5.74, 6) is 0.00872. The Balaban J connectivity index is 1.58. The van der Waals surface area contributed by atoms with Gasteiger partial charge < -0.3 is 14.2 Å². The van der Waals surface area contributed by atoms with E-state index < -0.39 is 5.41 Å². The molecule has 4 rings (SSSR count). The largest absolute Gasteiger partial charge is 0.466 e. The lowest BCUT2D eigenvalue weighted by molar-refractivity contribution is -0.161. The molecular formula is C22H25FN2O4. The molecule has 0 unspecified atom stereocenters. The molecule has 1 saturated heterocycles. The van der Waals surface area contributed by atoms with Gasteiger partial charge in [-0.3, -0.25) is 9.59 Å². The Labute approximate surface area is 169 Å². The molecule has 2 fully saturated rings. The van der Waals surface area contributed by atoms with Crippen LogP contribution in [0.4, 0.5) is 4.39 Å². The minimum Gasteiger partial charge on any atom is -0.466 e. The average molecular weight is 400 g/mol. The zero-order chi connectivity index (χ0) is 20.4. The molecule has 6 nitrogen and oxygen atoms in total. The number of benzene rings is 1. The Hall–Kier alpha value is -2.70. The number of halogens is 1. The van der Waals surface area contributed by atoms with Crippen LogP contribution in [0.3, 0.4) is 0 Å². The predicted octanol–water partition coefficient (Wildman–Crippen LogP) is 3.61. The van der Waals surface area contributed by atoms with Crippen molar-refractivity contribution in [2.75, 3.05) is 19.7 Å². The molecular weight excluding hydrogens is 375 g/mol. The Morgan fingerprint density at radius 3 is 2.86 bits per heavy atom. The van der Waals surface area contributed by atoms with E-state index in [-0.39, 0.29) is 36.6 Å². The van der Waals surface area contributed by atoms with Crippen molar-refractivity contribution in [1.29, 1.82) is 0 Å². The second kappa shape index (κ2) is 7.97. The van der Waals surface area contributed by atoms with E-state index in [9.17, 15) is 14.0 Å². The molecule has 1 aromatic carbocycles. The molecule has 0 radical (unpaired) electrons. The smallest absolute Gasteiger partial charge is 0.314 e. The van der Waals surface area contributed by atoms with Crippen molar-refractivity contribution in [1.82, 2.24) is 10.1 Å². The summed E-state index contributed by atoms with van der Waals surface area (Å²) in [5.41, 5.74) is -0.133. The van der Waals surface area contributed by atoms with E-state index in [1.165, 1.54) is 6.07 Å². The van der Waals surface area contributed by atoms with E-state index in [0.717, 1.165) is 19.3 Å². The van der Waals surface area contributed by atoms with Crippen LogP contribution < -0.4 is 0 Å². The summed E-state index contributed by atoms with van der Waals surface area (Å²) in [6, 6.07) is 8.01. The molecule has 1 aliphatic heterocycles. The number of esters is 1. The highest BCUT2D eigenvalue weighted by molar-refractivity contribution is 5.83. The lowest BCUT2D eigenvalue weighted by Crippen LogP contribution is -2.52. The number of piperidine rings is 1. The van der Waals surface area contributed by atoms with Gasteiger partial charge in [0.15, 0.2) is 0 Å². The van der Waals surface area contributed by atoms with Crippen LogP contribution in [0.5, 0.6) is 0 Å². The number of ether oxygens (including phenoxy) is 1. The Kier molecular flexibility index (Phi) is 5.39. The topological polar surface area (TPSA) is 72.6 Å². The van der Waals surface area contributed by atoms with Gasteiger partial charge in [0.1, 0.15) is 17.3 Å². The first-order valence-electron chi connectivity index (χ1n) is 10.2. The fourth-order valence-corrected chi connectivity index (χ4v) is 4.10. The molecule has 2 heterocycles. The second-order valence-corrected chi connectivity index (χ2v) is 7.97. The van der Waals surface area contributed by atoms with Gasteiger partial charge >= 0.3 is 5.97 Å². The van der Waals surface area contributed by atoms with E-state index in [0.29, 0.717) is 36.5 Å². The zero-order valence-electron chi connectivity index (χ0n) is 16.5. The Morgan fingerprint density at radius 1 is 1.34 bits per heavy atom. The molecule has 1 amide bonds. The third-order valence-electron chi connectivity index (χ3n) is 5.74. The summed E-state index contributed by atoms with van der Waals surface area (Å²) < 4.78 is 24.9. The summed E-state index contributed by atoms with van der Waals surface area (Å²) in [5, 5.41) is 3.99. The standard InChI is InChI=1S/C22H25FN2O4/c1-2-28-21(27)22(10-5-11-25(14-22)20(26)15-8-9-15)13-16-12-19(24-29-16)17-6-3-4-7-18(17)23/h3-4,6-7,12,15H,2,5,8-11,13-14H2,1H3/t22-/m0/s1. The maximum atomic E-state index is 14.1. The zero-order valence-corrected chi connectivity index (χ0v) is 16.5. The second-order valence-electron chi connectivity index (χ2n) is 7.97. The fourth-order valence-electron chi connectivity index (χ4n) is 4.10. The monoisotopic (exact) mass is 400 g/mol. The summed E-state index contributed by atoms with van der Waals surface area (Å²) in [4.78, 5) is 27.3. The Morgan fingerprint density at radius 2 is 2.14 bits per heavy atom. The number of hydrogen-bond acceptors (Lipinski definition) is 5. The molecule has 2 aliphatic rings. The lowest BCUT2D eigenvalue weighted by Gasteiger charge is -2.40. The first kappa shape index (κ1) is 19.6. The first-order valence-corrected chi connectivity index (χ1v) is 10.2. The van der Waals surface area contributed by atoms with Gasteiger partial charge in [-0.05, 0) is 44.7 Å². The minimum atomic E-state index is -0.870. The van der Waals surface area contributed by atoms with Gasteiger partial charge in [0.25, 0.3) is 0 Å². The van der Waals surface area contributed by atoms with Crippen molar-refractivity contribution in [2.24, 2.45) is 11.3 Å². The molecule has 0 N–H and O–H groups in total. The molecule has 1 saturated carbocycles. The van der Waals surface area contributed by atoms with Gasteiger partial charge in [0.05, 0.1) is 12.0 Å². The van der Waals surface area contributed by atoms with Crippen LogP contribution in [0.25, 0.3) is 11.3 Å². The van der Waals surface area contributed by atoms with Crippen molar-refractivity contribution in [3.05, 3.63) is 41.9 Å². The van der Waals surface area contributed by atoms with Crippen molar-refractivity contribution >= 4 is 11.9 Å². The SMILES string of the molecule is CCOC(=O)[C@]1(Cc2cc(-c3ccccc3F)no2)CCCN(C(=O)C2CC2)C1. The van der Waals surface area contributed by atoms with Gasteiger partial charge in [0, 0.05) is 37.1 Å². The van der Waals surface area contributed by atoms with Gasteiger partial charge in [-0.2, -0.15) is 0 Å². The predicted molar refractivity (Wildman–Crippen MR) is 103 cm³/mol. The molecule has 1 atom stereocenters. The summed E-state index contributed by atoms with van der Waals surface area (Å²) in [6.07, 6.45) is 3.45. The number of nitrogens with zero attached hydrogens (tertiary/aromatic N) is 2. The number of aromatic nitrogens is 1. The maximum absolute atomic E-state index is 14.1. The number of carbonyl (C=O) groups excluding carboxylic acids is 2. The minimum absolute atomic E-state index is 0.103. The van der Waals surface area contributed by atoms with E-state index >= 15 is 0 Å². The van der Waals surface area contributed by atoms with E-state index in [2.05, 4.69) is 5.16 Å². The number of hydrogen-bond donors (Lipinski definition) is 0. The third-order valence-corrected chi connectivity index (χ3v) is 5.74. The van der Waals surface area contributed by atoms with Gasteiger partial charge in [-0.15, -0.1) is 0 Å². The average Bonchev–Trinajstić information content (AvgIpc) is 3.48. The van der Waals surface area contributed by atoms with Crippen LogP contribution in [0, 0.1) is 17.2 Å². The van der Waals surface area contributed by atoms with Crippen molar-refractivity contribution in [2.45, 2.75) is 39.0 Å². The molecule has 1 aliphatic carbocycles. The molecule has 0 spiro atoms. The van der Waals surface area contributed by atoms with Crippen molar-refractivity contribution in [3.63, 3.8) is 0 Å². The van der Waals surface area contributed by atoms with Crippen molar-refractivity contribution < 1.29 is 23.2 Å².